The Bertz CT molecular complexity index is 194. The summed E-state index contributed by atoms with van der Waals surface area (Å²) in [4.78, 5) is 5.21. The smallest absolute Gasteiger partial charge is 0.130 e. The summed E-state index contributed by atoms with van der Waals surface area (Å²) in [5, 5.41) is 3.96. The van der Waals surface area contributed by atoms with Crippen LogP contribution in [0.4, 0.5) is 0 Å². The molecule has 2 heteroatoms. The van der Waals surface area contributed by atoms with Crippen LogP contribution in [0.5, 0.6) is 0 Å². The SMILES string of the molecule is C=C(O/N=C(\C)CC)C(C)C(C)C. The predicted octanol–water partition coefficient (Wildman–Crippen LogP) is 3.59. The molecule has 0 bridgehead atoms. The normalized spacial score (nSPS) is 14.5. The van der Waals surface area contributed by atoms with E-state index in [0.29, 0.717) is 11.8 Å². The van der Waals surface area contributed by atoms with Crippen LogP contribution in [0.3, 0.4) is 0 Å². The van der Waals surface area contributed by atoms with Gasteiger partial charge < -0.3 is 4.84 Å². The van der Waals surface area contributed by atoms with Crippen LogP contribution < -0.4 is 0 Å². The first kappa shape index (κ1) is 12.2. The van der Waals surface area contributed by atoms with Crippen molar-refractivity contribution in [3.05, 3.63) is 12.3 Å². The van der Waals surface area contributed by atoms with Gasteiger partial charge in [-0.05, 0) is 19.3 Å². The third-order valence-corrected chi connectivity index (χ3v) is 2.34. The Morgan fingerprint density at radius 1 is 1.38 bits per heavy atom. The lowest BCUT2D eigenvalue weighted by Crippen LogP contribution is -2.08. The Balaban J connectivity index is 4.01. The summed E-state index contributed by atoms with van der Waals surface area (Å²) >= 11 is 0. The molecule has 0 aromatic rings. The Kier molecular flexibility index (Phi) is 5.44. The van der Waals surface area contributed by atoms with Crippen molar-refractivity contribution in [1.29, 1.82) is 0 Å². The fourth-order valence-corrected chi connectivity index (χ4v) is 0.656. The van der Waals surface area contributed by atoms with Crippen molar-refractivity contribution >= 4 is 5.71 Å². The Morgan fingerprint density at radius 3 is 2.31 bits per heavy atom. The summed E-state index contributed by atoms with van der Waals surface area (Å²) in [6, 6.07) is 0. The minimum Gasteiger partial charge on any atom is -0.362 e. The molecule has 0 saturated carbocycles. The molecule has 0 saturated heterocycles. The zero-order chi connectivity index (χ0) is 10.4. The third-order valence-electron chi connectivity index (χ3n) is 2.34. The maximum atomic E-state index is 5.21. The largest absolute Gasteiger partial charge is 0.362 e. The van der Waals surface area contributed by atoms with Gasteiger partial charge in [-0.1, -0.05) is 39.4 Å². The molecule has 0 aliphatic rings. The van der Waals surface area contributed by atoms with Crippen LogP contribution in [-0.2, 0) is 4.84 Å². The second-order valence-corrected chi connectivity index (χ2v) is 3.77. The van der Waals surface area contributed by atoms with Gasteiger partial charge in [0.05, 0.1) is 5.71 Å². The lowest BCUT2D eigenvalue weighted by atomic mass is 9.97. The zero-order valence-electron chi connectivity index (χ0n) is 9.42. The van der Waals surface area contributed by atoms with Gasteiger partial charge in [0.1, 0.15) is 5.76 Å². The fraction of sp³-hybridized carbons (Fsp3) is 0.727. The molecule has 1 atom stereocenters. The molecule has 0 aliphatic heterocycles. The summed E-state index contributed by atoms with van der Waals surface area (Å²) in [5.41, 5.74) is 0.997. The molecule has 0 spiro atoms. The number of hydrogen-bond acceptors (Lipinski definition) is 2. The van der Waals surface area contributed by atoms with E-state index < -0.39 is 0 Å². The molecule has 1 unspecified atom stereocenters. The number of rotatable bonds is 5. The maximum Gasteiger partial charge on any atom is 0.130 e. The highest BCUT2D eigenvalue weighted by Gasteiger charge is 2.12. The molecule has 0 fully saturated rings. The highest BCUT2D eigenvalue weighted by atomic mass is 16.6. The van der Waals surface area contributed by atoms with Crippen molar-refractivity contribution in [3.63, 3.8) is 0 Å². The van der Waals surface area contributed by atoms with E-state index in [-0.39, 0.29) is 0 Å². The molecule has 0 radical (unpaired) electrons. The Labute approximate surface area is 81.7 Å². The minimum atomic E-state index is 0.355. The average Bonchev–Trinajstić information content (AvgIpc) is 2.11. The minimum absolute atomic E-state index is 0.355. The Hall–Kier alpha value is -0.790. The molecular formula is C11H21NO. The van der Waals surface area contributed by atoms with Gasteiger partial charge in [0, 0.05) is 5.92 Å². The maximum absolute atomic E-state index is 5.21. The summed E-state index contributed by atoms with van der Waals surface area (Å²) in [5.74, 6) is 1.65. The molecule has 0 N–H and O–H groups in total. The van der Waals surface area contributed by atoms with Gasteiger partial charge in [-0.2, -0.15) is 0 Å². The topological polar surface area (TPSA) is 21.6 Å². The summed E-state index contributed by atoms with van der Waals surface area (Å²) < 4.78 is 0. The van der Waals surface area contributed by atoms with E-state index >= 15 is 0 Å². The first-order valence-corrected chi connectivity index (χ1v) is 4.88. The molecule has 0 amide bonds. The Morgan fingerprint density at radius 2 is 1.92 bits per heavy atom. The first-order chi connectivity index (χ1) is 5.99. The van der Waals surface area contributed by atoms with Crippen molar-refractivity contribution < 1.29 is 4.84 Å². The second kappa shape index (κ2) is 5.79. The molecule has 2 nitrogen and oxygen atoms in total. The van der Waals surface area contributed by atoms with Gasteiger partial charge >= 0.3 is 0 Å². The van der Waals surface area contributed by atoms with E-state index in [9.17, 15) is 0 Å². The van der Waals surface area contributed by atoms with E-state index in [2.05, 4.69) is 39.4 Å². The highest BCUT2D eigenvalue weighted by molar-refractivity contribution is 5.80. The highest BCUT2D eigenvalue weighted by Crippen LogP contribution is 2.19. The average molecular weight is 183 g/mol. The molecule has 0 heterocycles. The molecule has 76 valence electrons. The van der Waals surface area contributed by atoms with Crippen molar-refractivity contribution in [2.75, 3.05) is 0 Å². The van der Waals surface area contributed by atoms with E-state index in [4.69, 9.17) is 4.84 Å². The van der Waals surface area contributed by atoms with Gasteiger partial charge in [0.15, 0.2) is 0 Å². The monoisotopic (exact) mass is 183 g/mol. The number of nitrogens with zero attached hydrogens (tertiary/aromatic N) is 1. The van der Waals surface area contributed by atoms with Crippen LogP contribution in [0, 0.1) is 11.8 Å². The van der Waals surface area contributed by atoms with Crippen LogP contribution in [0.15, 0.2) is 17.5 Å². The van der Waals surface area contributed by atoms with Crippen LogP contribution in [0.2, 0.25) is 0 Å². The molecule has 0 rings (SSSR count). The lowest BCUT2D eigenvalue weighted by molar-refractivity contribution is 0.177. The van der Waals surface area contributed by atoms with Crippen LogP contribution in [0.1, 0.15) is 41.0 Å². The van der Waals surface area contributed by atoms with Gasteiger partial charge in [-0.15, -0.1) is 0 Å². The standard InChI is InChI=1S/C11H21NO/c1-7-9(4)12-13-11(6)10(5)8(2)3/h8,10H,6-7H2,1-5H3/b12-9+. The van der Waals surface area contributed by atoms with Crippen LogP contribution in [0.25, 0.3) is 0 Å². The number of oxime groups is 1. The summed E-state index contributed by atoms with van der Waals surface area (Å²) in [6.07, 6.45) is 0.920. The van der Waals surface area contributed by atoms with Crippen molar-refractivity contribution in [2.45, 2.75) is 41.0 Å². The van der Waals surface area contributed by atoms with Crippen LogP contribution in [-0.4, -0.2) is 5.71 Å². The first-order valence-electron chi connectivity index (χ1n) is 4.88. The van der Waals surface area contributed by atoms with E-state index in [1.165, 1.54) is 0 Å². The summed E-state index contributed by atoms with van der Waals surface area (Å²) in [7, 11) is 0. The van der Waals surface area contributed by atoms with Gasteiger partial charge in [-0.25, -0.2) is 0 Å². The van der Waals surface area contributed by atoms with Crippen LogP contribution >= 0.6 is 0 Å². The van der Waals surface area contributed by atoms with Gasteiger partial charge in [0.2, 0.25) is 0 Å². The molecule has 0 aromatic heterocycles. The van der Waals surface area contributed by atoms with Crippen molar-refractivity contribution in [1.82, 2.24) is 0 Å². The van der Waals surface area contributed by atoms with Crippen molar-refractivity contribution in [3.8, 4) is 0 Å². The molecule has 0 aromatic carbocycles. The summed E-state index contributed by atoms with van der Waals surface area (Å²) in [6.45, 7) is 14.3. The van der Waals surface area contributed by atoms with E-state index in [1.807, 2.05) is 6.92 Å². The second-order valence-electron chi connectivity index (χ2n) is 3.77. The van der Waals surface area contributed by atoms with Crippen molar-refractivity contribution in [2.24, 2.45) is 17.0 Å². The van der Waals surface area contributed by atoms with Gasteiger partial charge in [0.25, 0.3) is 0 Å². The van der Waals surface area contributed by atoms with E-state index in [1.54, 1.807) is 0 Å². The zero-order valence-corrected chi connectivity index (χ0v) is 9.42. The lowest BCUT2D eigenvalue weighted by Gasteiger charge is -2.15. The quantitative estimate of drug-likeness (QED) is 0.362. The molecule has 0 aliphatic carbocycles. The third kappa shape index (κ3) is 4.71. The van der Waals surface area contributed by atoms with E-state index in [0.717, 1.165) is 17.9 Å². The predicted molar refractivity (Wildman–Crippen MR) is 57.6 cm³/mol. The molecular weight excluding hydrogens is 162 g/mol. The fourth-order valence-electron chi connectivity index (χ4n) is 0.656. The van der Waals surface area contributed by atoms with Gasteiger partial charge in [-0.3, -0.25) is 0 Å². The molecule has 13 heavy (non-hydrogen) atoms. The number of allylic oxidation sites excluding steroid dienone is 1. The number of hydrogen-bond donors (Lipinski definition) is 0.